The molecule has 0 unspecified atom stereocenters. The Labute approximate surface area is 634 Å². The molecule has 0 bridgehead atoms. The van der Waals surface area contributed by atoms with Crippen LogP contribution in [0.3, 0.4) is 0 Å². The maximum atomic E-state index is 7.46. The first-order valence-corrected chi connectivity index (χ1v) is 38.8. The minimum absolute atomic E-state index is 0.110. The minimum Gasteiger partial charge on any atom is -0.454 e. The van der Waals surface area contributed by atoms with Gasteiger partial charge in [-0.1, -0.05) is 198 Å². The highest BCUT2D eigenvalue weighted by molar-refractivity contribution is 7.01. The van der Waals surface area contributed by atoms with E-state index in [0.717, 1.165) is 89.0 Å². The van der Waals surface area contributed by atoms with Crippen LogP contribution in [0.4, 0.5) is 34.1 Å². The molecule has 0 atom stereocenters. The van der Waals surface area contributed by atoms with Crippen LogP contribution >= 0.6 is 0 Å². The Morgan fingerprint density at radius 2 is 0.791 bits per heavy atom. The number of fused-ring (bicyclic) bond motifs is 28. The molecule has 20 aromatic rings. The zero-order chi connectivity index (χ0) is 72.2. The van der Waals surface area contributed by atoms with Gasteiger partial charge in [0.2, 0.25) is 0 Å². The summed E-state index contributed by atoms with van der Waals surface area (Å²) >= 11 is 0. The van der Waals surface area contributed by atoms with Gasteiger partial charge in [-0.3, -0.25) is 0 Å². The number of furan rings is 2. The average Bonchev–Trinajstić information content (AvgIpc) is 1.49. The van der Waals surface area contributed by atoms with Gasteiger partial charge >= 0.3 is 0 Å². The third-order valence-corrected chi connectivity index (χ3v) is 26.2. The third-order valence-electron chi connectivity index (χ3n) is 26.2. The van der Waals surface area contributed by atoms with Crippen molar-refractivity contribution in [2.45, 2.75) is 51.9 Å². The van der Waals surface area contributed by atoms with Crippen molar-refractivity contribution in [2.24, 2.45) is 0 Å². The van der Waals surface area contributed by atoms with Gasteiger partial charge in [-0.2, -0.15) is 0 Å². The normalized spacial score (nSPS) is 14.4. The maximum absolute atomic E-state index is 7.46. The number of benzene rings is 14. The number of para-hydroxylation sites is 8. The molecule has 14 aromatic carbocycles. The van der Waals surface area contributed by atoms with Crippen LogP contribution in [-0.4, -0.2) is 31.7 Å². The molecule has 0 saturated carbocycles. The number of hydrogen-bond acceptors (Lipinski definition) is 4. The quantitative estimate of drug-likeness (QED) is 0.142. The first-order valence-electron chi connectivity index (χ1n) is 38.8. The molecule has 0 spiro atoms. The van der Waals surface area contributed by atoms with Crippen LogP contribution in [0.1, 0.15) is 66.6 Å². The second kappa shape index (κ2) is 20.6. The molecule has 2 aliphatic carbocycles. The van der Waals surface area contributed by atoms with E-state index in [9.17, 15) is 0 Å². The standard InChI is InChI=1S/C100H66B2N6O2/c1-56-48-78-87-79(49-56)107-90-68(97-94(107)65-35-19-22-42-82(65)109-97)38-25-41-74(90)102(87)76-52-57(51-70-86-93(105(78)91(70)76)69-55-63(44-45-72(69)100(86,4)5)103(59-26-10-6-11-27-59)60-28-12-7-13-29-60)50-58-53-80-88-81(54-58)108-95-66-36-20-23-43-83(66)110-98(95)84-77(104(61-30-14-8-15-31-61)62-32-16-9-17-33-62)47-46-75(96(84)108)101(88)73-40-24-37-67-85-92(106(80)89(67)73)64-34-18-21-39-71(64)99(85,2)3/h6-49,51-55H,50H2,1-5H3. The molecule has 10 heterocycles. The van der Waals surface area contributed by atoms with Gasteiger partial charge in [0.05, 0.1) is 33.5 Å². The van der Waals surface area contributed by atoms with Gasteiger partial charge < -0.3 is 36.9 Å². The average molecular weight is 1410 g/mol. The first kappa shape index (κ1) is 59.7. The van der Waals surface area contributed by atoms with E-state index in [2.05, 4.69) is 360 Å². The summed E-state index contributed by atoms with van der Waals surface area (Å²) in [5, 5.41) is 7.07. The summed E-state index contributed by atoms with van der Waals surface area (Å²) < 4.78 is 25.2. The largest absolute Gasteiger partial charge is 0.454 e. The monoisotopic (exact) mass is 1400 g/mol. The SMILES string of the molecule is Cc1cc2c3c(c1)-n1c4c(cccc4c4oc5ccccc5c41)B3c1cc(Cc3cc4c5c(c3)-n3c6c(ccc(N(c7ccccc7)c7ccccc7)c6c6oc7ccccc7c63)B5c3cccc5c6c(n-4c35)-c3ccccc3C6(C)C)cc3c4c(n-2c13)-c1cc(N(c2ccccc2)c2ccccc2)ccc1C4(C)C. The molecule has 10 heteroatoms. The Kier molecular flexibility index (Phi) is 11.2. The van der Waals surface area contributed by atoms with Crippen LogP contribution in [0.25, 0.3) is 133 Å². The summed E-state index contributed by atoms with van der Waals surface area (Å²) in [6.07, 6.45) is 0.660. The van der Waals surface area contributed by atoms with E-state index in [4.69, 9.17) is 8.83 Å². The van der Waals surface area contributed by atoms with E-state index in [1.807, 2.05) is 0 Å². The highest BCUT2D eigenvalue weighted by Crippen LogP contribution is 2.59. The topological polar surface area (TPSA) is 52.5 Å². The van der Waals surface area contributed by atoms with E-state index in [-0.39, 0.29) is 18.8 Å². The molecule has 6 aliphatic rings. The maximum Gasteiger partial charge on any atom is 0.252 e. The fourth-order valence-electron chi connectivity index (χ4n) is 22.1. The van der Waals surface area contributed by atoms with Crippen molar-refractivity contribution in [1.29, 1.82) is 0 Å². The number of aromatic nitrogens is 4. The van der Waals surface area contributed by atoms with Crippen molar-refractivity contribution >= 4 is 168 Å². The lowest BCUT2D eigenvalue weighted by Gasteiger charge is -2.35. The highest BCUT2D eigenvalue weighted by Gasteiger charge is 2.50. The molecule has 514 valence electrons. The zero-order valence-corrected chi connectivity index (χ0v) is 61.2. The lowest BCUT2D eigenvalue weighted by molar-refractivity contribution is 0.666. The van der Waals surface area contributed by atoms with Crippen LogP contribution < -0.4 is 42.6 Å². The van der Waals surface area contributed by atoms with Crippen LogP contribution in [0.5, 0.6) is 0 Å². The predicted molar refractivity (Wildman–Crippen MR) is 456 cm³/mol. The van der Waals surface area contributed by atoms with Crippen molar-refractivity contribution in [2.75, 3.05) is 9.80 Å². The van der Waals surface area contributed by atoms with Crippen LogP contribution in [0, 0.1) is 6.92 Å². The van der Waals surface area contributed by atoms with Crippen molar-refractivity contribution in [1.82, 2.24) is 18.3 Å². The molecule has 8 nitrogen and oxygen atoms in total. The van der Waals surface area contributed by atoms with Gasteiger partial charge in [-0.25, -0.2) is 0 Å². The Balaban J connectivity index is 0.774. The molecule has 6 aromatic heterocycles. The van der Waals surface area contributed by atoms with Crippen molar-refractivity contribution in [3.05, 3.63) is 336 Å². The number of aryl methyl sites for hydroxylation is 1. The van der Waals surface area contributed by atoms with Gasteiger partial charge in [0.1, 0.15) is 22.2 Å². The highest BCUT2D eigenvalue weighted by atomic mass is 16.3. The molecule has 0 fully saturated rings. The van der Waals surface area contributed by atoms with Gasteiger partial charge in [0.15, 0.2) is 11.2 Å². The van der Waals surface area contributed by atoms with E-state index < -0.39 is 5.41 Å². The molecule has 0 radical (unpaired) electrons. The van der Waals surface area contributed by atoms with Gasteiger partial charge in [0, 0.05) is 111 Å². The van der Waals surface area contributed by atoms with E-state index in [1.54, 1.807) is 0 Å². The zero-order valence-electron chi connectivity index (χ0n) is 61.2. The second-order valence-corrected chi connectivity index (χ2v) is 32.7. The van der Waals surface area contributed by atoms with E-state index in [1.165, 1.54) is 150 Å². The second-order valence-electron chi connectivity index (χ2n) is 32.7. The molecule has 26 rings (SSSR count). The van der Waals surface area contributed by atoms with E-state index >= 15 is 0 Å². The Hall–Kier alpha value is -13.4. The molecule has 0 N–H and O–H groups in total. The summed E-state index contributed by atoms with van der Waals surface area (Å²) in [4.78, 5) is 4.86. The minimum atomic E-state index is -0.406. The van der Waals surface area contributed by atoms with Crippen molar-refractivity contribution in [3.8, 4) is 45.3 Å². The van der Waals surface area contributed by atoms with Gasteiger partial charge in [-0.05, 0) is 212 Å². The van der Waals surface area contributed by atoms with Crippen LogP contribution in [0.2, 0.25) is 0 Å². The molecule has 110 heavy (non-hydrogen) atoms. The number of nitrogens with zero attached hydrogens (tertiary/aromatic N) is 6. The molecular formula is C100H66B2N6O2. The van der Waals surface area contributed by atoms with Gasteiger partial charge in [0.25, 0.3) is 13.4 Å². The Morgan fingerprint density at radius 3 is 1.45 bits per heavy atom. The summed E-state index contributed by atoms with van der Waals surface area (Å²) in [7, 11) is 0. The summed E-state index contributed by atoms with van der Waals surface area (Å²) in [5.74, 6) is 0. The predicted octanol–water partition coefficient (Wildman–Crippen LogP) is 21.0. The molecule has 0 amide bonds. The number of hydrogen-bond donors (Lipinski definition) is 0. The van der Waals surface area contributed by atoms with Crippen LogP contribution in [0.15, 0.2) is 306 Å². The van der Waals surface area contributed by atoms with E-state index in [0.29, 0.717) is 6.42 Å². The van der Waals surface area contributed by atoms with Crippen LogP contribution in [-0.2, 0) is 17.3 Å². The molecule has 4 aliphatic heterocycles. The summed E-state index contributed by atoms with van der Waals surface area (Å²) in [5.41, 5.74) is 43.7. The van der Waals surface area contributed by atoms with Gasteiger partial charge in [-0.15, -0.1) is 0 Å². The van der Waals surface area contributed by atoms with Crippen molar-refractivity contribution < 1.29 is 8.83 Å². The number of rotatable bonds is 8. The lowest BCUT2D eigenvalue weighted by atomic mass is 9.34. The molecule has 0 saturated heterocycles. The smallest absolute Gasteiger partial charge is 0.252 e. The Bertz CT molecular complexity index is 7520. The molecular weight excluding hydrogens is 1340 g/mol. The number of anilines is 6. The fraction of sp³-hybridized carbons (Fsp3) is 0.0800. The summed E-state index contributed by atoms with van der Waals surface area (Å²) in [6, 6.07) is 112. The fourth-order valence-corrected chi connectivity index (χ4v) is 22.1. The third kappa shape index (κ3) is 7.27. The Morgan fingerprint density at radius 1 is 0.327 bits per heavy atom. The van der Waals surface area contributed by atoms with Crippen molar-refractivity contribution in [3.63, 3.8) is 0 Å². The first-order chi connectivity index (χ1) is 54.0. The summed E-state index contributed by atoms with van der Waals surface area (Å²) in [6.45, 7) is 12.0. The lowest BCUT2D eigenvalue weighted by Crippen LogP contribution is -2.59.